The van der Waals surface area contributed by atoms with Crippen molar-refractivity contribution in [3.8, 4) is 5.75 Å². The van der Waals surface area contributed by atoms with E-state index in [1.807, 2.05) is 60.7 Å². The van der Waals surface area contributed by atoms with Crippen molar-refractivity contribution in [2.24, 2.45) is 10.8 Å². The van der Waals surface area contributed by atoms with E-state index in [9.17, 15) is 9.59 Å². The molecule has 0 unspecified atom stereocenters. The van der Waals surface area contributed by atoms with Crippen LogP contribution in [-0.2, 0) is 22.7 Å². The minimum Gasteiger partial charge on any atom is -0.489 e. The summed E-state index contributed by atoms with van der Waals surface area (Å²) >= 11 is 0. The van der Waals surface area contributed by atoms with Gasteiger partial charge in [0.25, 0.3) is 0 Å². The van der Waals surface area contributed by atoms with Crippen LogP contribution in [0.1, 0.15) is 76.0 Å². The summed E-state index contributed by atoms with van der Waals surface area (Å²) in [5.41, 5.74) is 6.79. The van der Waals surface area contributed by atoms with Crippen LogP contribution in [-0.4, -0.2) is 16.5 Å². The molecule has 210 valence electrons. The van der Waals surface area contributed by atoms with Crippen LogP contribution in [0.5, 0.6) is 5.75 Å². The van der Waals surface area contributed by atoms with Crippen molar-refractivity contribution >= 4 is 11.6 Å². The van der Waals surface area contributed by atoms with Crippen LogP contribution < -0.4 is 4.74 Å². The Kier molecular flexibility index (Phi) is 6.97. The topological polar surface area (TPSA) is 46.6 Å². The van der Waals surface area contributed by atoms with E-state index in [1.165, 1.54) is 5.56 Å². The Balaban J connectivity index is 1.44. The number of rotatable bonds is 6. The van der Waals surface area contributed by atoms with Gasteiger partial charge in [0.05, 0.1) is 0 Å². The van der Waals surface area contributed by atoms with Gasteiger partial charge in [0, 0.05) is 47.8 Å². The van der Waals surface area contributed by atoms with Gasteiger partial charge in [0.2, 0.25) is 0 Å². The van der Waals surface area contributed by atoms with Crippen molar-refractivity contribution in [2.45, 2.75) is 72.4 Å². The fourth-order valence-corrected chi connectivity index (χ4v) is 6.84. The highest BCUT2D eigenvalue weighted by molar-refractivity contribution is 6.06. The summed E-state index contributed by atoms with van der Waals surface area (Å²) in [4.78, 5) is 30.4. The molecular formula is C37H39NO3. The Hall–Kier alpha value is -3.92. The molecule has 0 spiro atoms. The lowest BCUT2D eigenvalue weighted by Crippen LogP contribution is -2.44. The number of nitrogens with zero attached hydrogens (tertiary/aromatic N) is 1. The van der Waals surface area contributed by atoms with Gasteiger partial charge >= 0.3 is 0 Å². The SMILES string of the molecule is CC1(C)CC(=O)C2=C(C1)N(Cc1ccccc1)C1=C(C(=O)CC(C)(C)C1)C2c1ccc(OCc2ccccc2)cc1. The molecule has 3 aromatic carbocycles. The third-order valence-electron chi connectivity index (χ3n) is 8.67. The lowest BCUT2D eigenvalue weighted by Gasteiger charge is -2.49. The normalized spacial score (nSPS) is 20.1. The van der Waals surface area contributed by atoms with Crippen LogP contribution in [0.15, 0.2) is 107 Å². The van der Waals surface area contributed by atoms with E-state index in [2.05, 4.69) is 56.9 Å². The first kappa shape index (κ1) is 27.3. The number of allylic oxidation sites excluding steroid dienone is 4. The predicted octanol–water partition coefficient (Wildman–Crippen LogP) is 8.15. The first-order valence-corrected chi connectivity index (χ1v) is 14.7. The van der Waals surface area contributed by atoms with Gasteiger partial charge in [-0.1, -0.05) is 100 Å². The second-order valence-electron chi connectivity index (χ2n) is 13.5. The highest BCUT2D eigenvalue weighted by Crippen LogP contribution is 2.54. The number of hydrogen-bond donors (Lipinski definition) is 0. The van der Waals surface area contributed by atoms with Gasteiger partial charge < -0.3 is 9.64 Å². The van der Waals surface area contributed by atoms with E-state index in [-0.39, 0.29) is 28.3 Å². The van der Waals surface area contributed by atoms with Crippen LogP contribution in [0.4, 0.5) is 0 Å². The molecule has 4 heteroatoms. The van der Waals surface area contributed by atoms with E-state index < -0.39 is 0 Å². The van der Waals surface area contributed by atoms with Crippen LogP contribution in [0.25, 0.3) is 0 Å². The molecular weight excluding hydrogens is 506 g/mol. The minimum absolute atomic E-state index is 0.142. The Morgan fingerprint density at radius 1 is 0.659 bits per heavy atom. The molecule has 2 aliphatic carbocycles. The molecule has 0 aromatic heterocycles. The molecule has 1 aliphatic heterocycles. The maximum absolute atomic E-state index is 14.0. The number of benzene rings is 3. The molecule has 3 aromatic rings. The highest BCUT2D eigenvalue weighted by atomic mass is 16.5. The largest absolute Gasteiger partial charge is 0.489 e. The Bertz CT molecular complexity index is 1470. The van der Waals surface area contributed by atoms with E-state index >= 15 is 0 Å². The standard InChI is InChI=1S/C37H39NO3/c1-36(2)19-29-34(31(39)21-36)33(27-15-17-28(18-16-27)41-24-26-13-9-6-10-14-26)35-30(20-37(3,4)22-32(35)40)38(29)23-25-11-7-5-8-12-25/h5-18,33H,19-24H2,1-4H3. The monoisotopic (exact) mass is 545 g/mol. The first-order chi connectivity index (χ1) is 19.6. The molecule has 0 amide bonds. The maximum Gasteiger partial charge on any atom is 0.162 e. The maximum atomic E-state index is 14.0. The number of ether oxygens (including phenoxy) is 1. The molecule has 41 heavy (non-hydrogen) atoms. The van der Waals surface area contributed by atoms with Gasteiger partial charge in [0.1, 0.15) is 12.4 Å². The average Bonchev–Trinajstić information content (AvgIpc) is 2.93. The minimum atomic E-state index is -0.345. The average molecular weight is 546 g/mol. The van der Waals surface area contributed by atoms with Gasteiger partial charge in [-0.3, -0.25) is 9.59 Å². The third-order valence-corrected chi connectivity index (χ3v) is 8.67. The van der Waals surface area contributed by atoms with E-state index in [1.54, 1.807) is 0 Å². The van der Waals surface area contributed by atoms with Crippen molar-refractivity contribution in [3.63, 3.8) is 0 Å². The fourth-order valence-electron chi connectivity index (χ4n) is 6.84. The molecule has 0 fully saturated rings. The zero-order valence-corrected chi connectivity index (χ0v) is 24.6. The zero-order chi connectivity index (χ0) is 28.8. The van der Waals surface area contributed by atoms with Gasteiger partial charge in [-0.05, 0) is 52.5 Å². The summed E-state index contributed by atoms with van der Waals surface area (Å²) in [6, 6.07) is 28.6. The summed E-state index contributed by atoms with van der Waals surface area (Å²) in [5, 5.41) is 0. The Morgan fingerprint density at radius 2 is 1.15 bits per heavy atom. The summed E-state index contributed by atoms with van der Waals surface area (Å²) in [6.07, 6.45) is 2.59. The van der Waals surface area contributed by atoms with Crippen molar-refractivity contribution in [1.82, 2.24) is 4.90 Å². The molecule has 1 heterocycles. The lowest BCUT2D eigenvalue weighted by atomic mass is 9.63. The summed E-state index contributed by atoms with van der Waals surface area (Å²) in [7, 11) is 0. The second kappa shape index (κ2) is 10.5. The number of carbonyl (C=O) groups excluding carboxylic acids is 2. The van der Waals surface area contributed by atoms with Crippen molar-refractivity contribution in [1.29, 1.82) is 0 Å². The summed E-state index contributed by atoms with van der Waals surface area (Å²) < 4.78 is 6.06. The fraction of sp³-hybridized carbons (Fsp3) is 0.351. The van der Waals surface area contributed by atoms with Crippen LogP contribution >= 0.6 is 0 Å². The summed E-state index contributed by atoms with van der Waals surface area (Å²) in [6.45, 7) is 9.88. The molecule has 0 bridgehead atoms. The molecule has 3 aliphatic rings. The van der Waals surface area contributed by atoms with E-state index in [4.69, 9.17) is 4.74 Å². The predicted molar refractivity (Wildman–Crippen MR) is 162 cm³/mol. The van der Waals surface area contributed by atoms with Crippen LogP contribution in [0.3, 0.4) is 0 Å². The molecule has 6 rings (SSSR count). The van der Waals surface area contributed by atoms with Crippen LogP contribution in [0.2, 0.25) is 0 Å². The molecule has 0 saturated carbocycles. The quantitative estimate of drug-likeness (QED) is 0.314. The van der Waals surface area contributed by atoms with Gasteiger partial charge in [-0.25, -0.2) is 0 Å². The number of Topliss-reactive ketones (excluding diaryl/α,β-unsaturated/α-hetero) is 2. The van der Waals surface area contributed by atoms with Gasteiger partial charge in [0.15, 0.2) is 11.6 Å². The van der Waals surface area contributed by atoms with Crippen molar-refractivity contribution in [3.05, 3.63) is 124 Å². The highest BCUT2D eigenvalue weighted by Gasteiger charge is 2.48. The number of ketones is 2. The number of carbonyl (C=O) groups is 2. The third kappa shape index (κ3) is 5.53. The first-order valence-electron chi connectivity index (χ1n) is 14.7. The van der Waals surface area contributed by atoms with Crippen molar-refractivity contribution in [2.75, 3.05) is 0 Å². The molecule has 0 saturated heterocycles. The Morgan fingerprint density at radius 3 is 1.66 bits per heavy atom. The van der Waals surface area contributed by atoms with Crippen molar-refractivity contribution < 1.29 is 14.3 Å². The van der Waals surface area contributed by atoms with E-state index in [0.717, 1.165) is 52.3 Å². The lowest BCUT2D eigenvalue weighted by molar-refractivity contribution is -0.119. The summed E-state index contributed by atoms with van der Waals surface area (Å²) in [5.74, 6) is 0.748. The molecule has 0 radical (unpaired) electrons. The van der Waals surface area contributed by atoms with E-state index in [0.29, 0.717) is 26.0 Å². The van der Waals surface area contributed by atoms with Crippen LogP contribution in [0, 0.1) is 10.8 Å². The second-order valence-corrected chi connectivity index (χ2v) is 13.5. The molecule has 0 atom stereocenters. The smallest absolute Gasteiger partial charge is 0.162 e. The number of hydrogen-bond acceptors (Lipinski definition) is 4. The zero-order valence-electron chi connectivity index (χ0n) is 24.6. The Labute approximate surface area is 243 Å². The molecule has 4 nitrogen and oxygen atoms in total. The molecule has 0 N–H and O–H groups in total. The van der Waals surface area contributed by atoms with Gasteiger partial charge in [-0.15, -0.1) is 0 Å². The van der Waals surface area contributed by atoms with Gasteiger partial charge in [-0.2, -0.15) is 0 Å².